The second kappa shape index (κ2) is 8.82. The van der Waals surface area contributed by atoms with Crippen LogP contribution in [0.25, 0.3) is 0 Å². The van der Waals surface area contributed by atoms with Crippen molar-refractivity contribution in [1.29, 1.82) is 0 Å². The average Bonchev–Trinajstić information content (AvgIpc) is 3.10. The first-order chi connectivity index (χ1) is 13.7. The van der Waals surface area contributed by atoms with E-state index in [9.17, 15) is 9.59 Å². The second-order valence-electron chi connectivity index (χ2n) is 7.60. The fourth-order valence-electron chi connectivity index (χ4n) is 4.00. The number of nitrogens with zero attached hydrogens (tertiary/aromatic N) is 1. The van der Waals surface area contributed by atoms with Gasteiger partial charge in [-0.05, 0) is 36.1 Å². The third-order valence-corrected chi connectivity index (χ3v) is 6.82. The number of amides is 2. The molecule has 0 radical (unpaired) electrons. The third kappa shape index (κ3) is 4.41. The highest BCUT2D eigenvalue weighted by Crippen LogP contribution is 2.39. The summed E-state index contributed by atoms with van der Waals surface area (Å²) in [6.45, 7) is 0.612. The molecule has 1 heterocycles. The van der Waals surface area contributed by atoms with Gasteiger partial charge in [0.25, 0.3) is 5.91 Å². The zero-order valence-electron chi connectivity index (χ0n) is 16.0. The van der Waals surface area contributed by atoms with Crippen molar-refractivity contribution >= 4 is 23.6 Å². The molecular formula is C23H26N2O2S. The van der Waals surface area contributed by atoms with Crippen molar-refractivity contribution in [3.05, 3.63) is 71.3 Å². The summed E-state index contributed by atoms with van der Waals surface area (Å²) >= 11 is 1.65. The summed E-state index contributed by atoms with van der Waals surface area (Å²) in [6, 6.07) is 18.1. The molecule has 2 amide bonds. The molecular weight excluding hydrogens is 368 g/mol. The highest BCUT2D eigenvalue weighted by molar-refractivity contribution is 8.00. The summed E-state index contributed by atoms with van der Waals surface area (Å²) < 4.78 is 0. The molecule has 0 unspecified atom stereocenters. The van der Waals surface area contributed by atoms with E-state index in [-0.39, 0.29) is 17.2 Å². The van der Waals surface area contributed by atoms with Crippen LogP contribution < -0.4 is 5.32 Å². The lowest BCUT2D eigenvalue weighted by molar-refractivity contribution is -0.128. The molecule has 1 aliphatic carbocycles. The van der Waals surface area contributed by atoms with Crippen molar-refractivity contribution in [2.45, 2.75) is 50.1 Å². The molecule has 146 valence electrons. The van der Waals surface area contributed by atoms with Gasteiger partial charge < -0.3 is 10.2 Å². The van der Waals surface area contributed by atoms with Crippen molar-refractivity contribution in [1.82, 2.24) is 10.2 Å². The number of carbonyl (C=O) groups is 2. The lowest BCUT2D eigenvalue weighted by atomic mass is 9.95. The van der Waals surface area contributed by atoms with Crippen LogP contribution in [0.15, 0.2) is 54.6 Å². The molecule has 2 aliphatic rings. The van der Waals surface area contributed by atoms with Crippen LogP contribution in [0.2, 0.25) is 0 Å². The van der Waals surface area contributed by atoms with Gasteiger partial charge in [-0.15, -0.1) is 11.8 Å². The summed E-state index contributed by atoms with van der Waals surface area (Å²) in [7, 11) is 0. The summed E-state index contributed by atoms with van der Waals surface area (Å²) in [5.74, 6) is 0.675. The number of benzene rings is 2. The Morgan fingerprint density at radius 3 is 2.43 bits per heavy atom. The molecule has 4 rings (SSSR count). The van der Waals surface area contributed by atoms with Gasteiger partial charge >= 0.3 is 0 Å². The average molecular weight is 395 g/mol. The number of hydrogen-bond acceptors (Lipinski definition) is 3. The number of thioether (sulfide) groups is 1. The Kier molecular flexibility index (Phi) is 6.01. The Bertz CT molecular complexity index is 816. The standard InChI is InChI=1S/C23H26N2O2S/c26-21-16-28-23(25(21)15-17-7-3-1-4-8-17)19-13-11-18(12-14-19)22(27)24-20-9-5-2-6-10-20/h1,3-4,7-8,11-14,20,23H,2,5-6,9-10,15-16H2,(H,24,27)/t23-/m0/s1. The van der Waals surface area contributed by atoms with Gasteiger partial charge in [0.05, 0.1) is 5.75 Å². The maximum absolute atomic E-state index is 12.5. The van der Waals surface area contributed by atoms with Crippen LogP contribution in [0.4, 0.5) is 0 Å². The van der Waals surface area contributed by atoms with Crippen molar-refractivity contribution in [3.63, 3.8) is 0 Å². The monoisotopic (exact) mass is 394 g/mol. The lowest BCUT2D eigenvalue weighted by Gasteiger charge is -2.25. The lowest BCUT2D eigenvalue weighted by Crippen LogP contribution is -2.36. The molecule has 5 heteroatoms. The van der Waals surface area contributed by atoms with Crippen LogP contribution >= 0.6 is 11.8 Å². The van der Waals surface area contributed by atoms with E-state index in [1.807, 2.05) is 59.5 Å². The molecule has 1 N–H and O–H groups in total. The minimum absolute atomic E-state index is 0.00293. The molecule has 1 atom stereocenters. The highest BCUT2D eigenvalue weighted by Gasteiger charge is 2.32. The third-order valence-electron chi connectivity index (χ3n) is 5.56. The molecule has 0 spiro atoms. The maximum atomic E-state index is 12.5. The molecule has 28 heavy (non-hydrogen) atoms. The Balaban J connectivity index is 1.43. The van der Waals surface area contributed by atoms with Crippen molar-refractivity contribution < 1.29 is 9.59 Å². The topological polar surface area (TPSA) is 49.4 Å². The molecule has 2 fully saturated rings. The molecule has 1 aliphatic heterocycles. The van der Waals surface area contributed by atoms with E-state index in [4.69, 9.17) is 0 Å². The van der Waals surface area contributed by atoms with Gasteiger partial charge in [-0.2, -0.15) is 0 Å². The number of carbonyl (C=O) groups excluding carboxylic acids is 2. The van der Waals surface area contributed by atoms with Gasteiger partial charge in [0.2, 0.25) is 5.91 Å². The van der Waals surface area contributed by atoms with E-state index < -0.39 is 0 Å². The van der Waals surface area contributed by atoms with Crippen LogP contribution in [-0.4, -0.2) is 28.5 Å². The van der Waals surface area contributed by atoms with Crippen LogP contribution in [0.5, 0.6) is 0 Å². The van der Waals surface area contributed by atoms with Gasteiger partial charge in [0.1, 0.15) is 5.37 Å². The normalized spacial score (nSPS) is 20.4. The SMILES string of the molecule is O=C(NC1CCCCC1)c1ccc([C@@H]2SCC(=O)N2Cc2ccccc2)cc1. The quantitative estimate of drug-likeness (QED) is 0.811. The van der Waals surface area contributed by atoms with Crippen LogP contribution in [0.1, 0.15) is 59.0 Å². The summed E-state index contributed by atoms with van der Waals surface area (Å²) in [5, 5.41) is 3.17. The van der Waals surface area contributed by atoms with E-state index in [1.165, 1.54) is 19.3 Å². The van der Waals surface area contributed by atoms with Gasteiger partial charge in [-0.3, -0.25) is 9.59 Å². The fourth-order valence-corrected chi connectivity index (χ4v) is 5.18. The predicted molar refractivity (Wildman–Crippen MR) is 113 cm³/mol. The molecule has 2 aromatic carbocycles. The van der Waals surface area contributed by atoms with Crippen LogP contribution in [0, 0.1) is 0 Å². The van der Waals surface area contributed by atoms with Crippen LogP contribution in [-0.2, 0) is 11.3 Å². The minimum Gasteiger partial charge on any atom is -0.349 e. The molecule has 0 bridgehead atoms. The van der Waals surface area contributed by atoms with Crippen molar-refractivity contribution in [3.8, 4) is 0 Å². The molecule has 1 saturated carbocycles. The molecule has 0 aromatic heterocycles. The van der Waals surface area contributed by atoms with E-state index in [2.05, 4.69) is 5.32 Å². The smallest absolute Gasteiger partial charge is 0.251 e. The fraction of sp³-hybridized carbons (Fsp3) is 0.391. The first kappa shape index (κ1) is 19.1. The Morgan fingerprint density at radius 2 is 1.71 bits per heavy atom. The maximum Gasteiger partial charge on any atom is 0.251 e. The van der Waals surface area contributed by atoms with Gasteiger partial charge in [-0.25, -0.2) is 0 Å². The largest absolute Gasteiger partial charge is 0.349 e. The zero-order valence-corrected chi connectivity index (χ0v) is 16.8. The summed E-state index contributed by atoms with van der Waals surface area (Å²) in [5.41, 5.74) is 2.89. The number of hydrogen-bond donors (Lipinski definition) is 1. The minimum atomic E-state index is 0.00293. The van der Waals surface area contributed by atoms with E-state index in [0.29, 0.717) is 23.9 Å². The Labute approximate surface area is 170 Å². The number of rotatable bonds is 5. The van der Waals surface area contributed by atoms with Gasteiger partial charge in [-0.1, -0.05) is 61.7 Å². The molecule has 1 saturated heterocycles. The van der Waals surface area contributed by atoms with E-state index in [0.717, 1.165) is 24.0 Å². The zero-order chi connectivity index (χ0) is 19.3. The molecule has 4 nitrogen and oxygen atoms in total. The highest BCUT2D eigenvalue weighted by atomic mass is 32.2. The second-order valence-corrected chi connectivity index (χ2v) is 8.67. The molecule has 2 aromatic rings. The number of nitrogens with one attached hydrogen (secondary N) is 1. The predicted octanol–water partition coefficient (Wildman–Crippen LogP) is 4.52. The van der Waals surface area contributed by atoms with Gasteiger partial charge in [0, 0.05) is 18.2 Å². The van der Waals surface area contributed by atoms with Gasteiger partial charge in [0.15, 0.2) is 0 Å². The van der Waals surface area contributed by atoms with Crippen molar-refractivity contribution in [2.24, 2.45) is 0 Å². The van der Waals surface area contributed by atoms with E-state index in [1.54, 1.807) is 11.8 Å². The van der Waals surface area contributed by atoms with Crippen LogP contribution in [0.3, 0.4) is 0 Å². The van der Waals surface area contributed by atoms with Crippen molar-refractivity contribution in [2.75, 3.05) is 5.75 Å². The summed E-state index contributed by atoms with van der Waals surface area (Å²) in [4.78, 5) is 26.8. The first-order valence-electron chi connectivity index (χ1n) is 10.1. The first-order valence-corrected chi connectivity index (χ1v) is 11.1. The Hall–Kier alpha value is -2.27. The van der Waals surface area contributed by atoms with E-state index >= 15 is 0 Å². The summed E-state index contributed by atoms with van der Waals surface area (Å²) in [6.07, 6.45) is 5.85. The Morgan fingerprint density at radius 1 is 1.00 bits per heavy atom.